The summed E-state index contributed by atoms with van der Waals surface area (Å²) in [5.41, 5.74) is 1.21. The van der Waals surface area contributed by atoms with Crippen LogP contribution in [-0.4, -0.2) is 56.6 Å². The molecule has 0 atom stereocenters. The van der Waals surface area contributed by atoms with Gasteiger partial charge in [-0.15, -0.1) is 24.0 Å². The summed E-state index contributed by atoms with van der Waals surface area (Å²) in [4.78, 5) is 18.7. The highest BCUT2D eigenvalue weighted by Gasteiger charge is 2.17. The van der Waals surface area contributed by atoms with E-state index in [0.717, 1.165) is 56.8 Å². The van der Waals surface area contributed by atoms with Crippen molar-refractivity contribution >= 4 is 35.8 Å². The van der Waals surface area contributed by atoms with Crippen LogP contribution < -0.4 is 15.4 Å². The van der Waals surface area contributed by atoms with E-state index in [1.54, 1.807) is 13.4 Å². The van der Waals surface area contributed by atoms with E-state index < -0.39 is 0 Å². The molecule has 2 aromatic rings. The van der Waals surface area contributed by atoms with Crippen LogP contribution in [-0.2, 0) is 17.6 Å². The molecule has 1 fully saturated rings. The maximum atomic E-state index is 12.3. The molecule has 0 unspecified atom stereocenters. The molecule has 1 aliphatic heterocycles. The summed E-state index contributed by atoms with van der Waals surface area (Å²) >= 11 is 0. The van der Waals surface area contributed by atoms with Crippen molar-refractivity contribution in [2.75, 3.05) is 39.8 Å². The SMILES string of the molecule is COc1ccc(CCNC(=NCC(=O)N2CCCC2)NCCc2ccco2)cc1.I. The number of amides is 1. The van der Waals surface area contributed by atoms with Crippen molar-refractivity contribution < 1.29 is 13.9 Å². The Bertz CT molecular complexity index is 772. The smallest absolute Gasteiger partial charge is 0.244 e. The zero-order valence-electron chi connectivity index (χ0n) is 17.4. The zero-order chi connectivity index (χ0) is 20.3. The predicted octanol–water partition coefficient (Wildman–Crippen LogP) is 2.85. The largest absolute Gasteiger partial charge is 0.497 e. The van der Waals surface area contributed by atoms with Gasteiger partial charge in [-0.25, -0.2) is 4.99 Å². The minimum atomic E-state index is 0. The number of nitrogens with one attached hydrogen (secondary N) is 2. The summed E-state index contributed by atoms with van der Waals surface area (Å²) in [5, 5.41) is 6.63. The van der Waals surface area contributed by atoms with Crippen LogP contribution in [0.4, 0.5) is 0 Å². The number of hydrogen-bond donors (Lipinski definition) is 2. The molecular formula is C22H31IN4O3. The van der Waals surface area contributed by atoms with Crippen LogP contribution in [0.5, 0.6) is 5.75 Å². The van der Waals surface area contributed by atoms with E-state index in [4.69, 9.17) is 9.15 Å². The maximum absolute atomic E-state index is 12.3. The molecule has 2 N–H and O–H groups in total. The van der Waals surface area contributed by atoms with Crippen LogP contribution >= 0.6 is 24.0 Å². The number of likely N-dealkylation sites (tertiary alicyclic amines) is 1. The Morgan fingerprint density at radius 1 is 1.10 bits per heavy atom. The quantitative estimate of drug-likeness (QED) is 0.299. The van der Waals surface area contributed by atoms with Crippen molar-refractivity contribution in [3.8, 4) is 5.75 Å². The molecule has 30 heavy (non-hydrogen) atoms. The Labute approximate surface area is 195 Å². The molecular weight excluding hydrogens is 495 g/mol. The molecule has 1 amide bonds. The van der Waals surface area contributed by atoms with E-state index in [2.05, 4.69) is 27.8 Å². The standard InChI is InChI=1S/C22H30N4O3.HI/c1-28-19-8-6-18(7-9-19)10-12-23-22(24-13-11-20-5-4-16-29-20)25-17-21(27)26-14-2-3-15-26;/h4-9,16H,2-3,10-15,17H2,1H3,(H2,23,24,25);1H. The first-order chi connectivity index (χ1) is 14.2. The lowest BCUT2D eigenvalue weighted by Gasteiger charge is -2.15. The Kier molecular flexibility index (Phi) is 10.5. The summed E-state index contributed by atoms with van der Waals surface area (Å²) in [5.74, 6) is 2.51. The minimum Gasteiger partial charge on any atom is -0.497 e. The Morgan fingerprint density at radius 2 is 1.80 bits per heavy atom. The number of halogens is 1. The van der Waals surface area contributed by atoms with Gasteiger partial charge >= 0.3 is 0 Å². The topological polar surface area (TPSA) is 79.1 Å². The third-order valence-corrected chi connectivity index (χ3v) is 4.94. The summed E-state index contributed by atoms with van der Waals surface area (Å²) in [6.07, 6.45) is 5.45. The highest BCUT2D eigenvalue weighted by Crippen LogP contribution is 2.11. The number of carbonyl (C=O) groups is 1. The highest BCUT2D eigenvalue weighted by molar-refractivity contribution is 14.0. The van der Waals surface area contributed by atoms with Crippen LogP contribution in [0, 0.1) is 0 Å². The predicted molar refractivity (Wildman–Crippen MR) is 129 cm³/mol. The summed E-state index contributed by atoms with van der Waals surface area (Å²) in [6, 6.07) is 11.9. The molecule has 7 nitrogen and oxygen atoms in total. The maximum Gasteiger partial charge on any atom is 0.244 e. The van der Waals surface area contributed by atoms with Gasteiger partial charge in [-0.1, -0.05) is 12.1 Å². The first-order valence-corrected chi connectivity index (χ1v) is 10.2. The van der Waals surface area contributed by atoms with Gasteiger partial charge in [0.1, 0.15) is 18.1 Å². The number of hydrogen-bond acceptors (Lipinski definition) is 4. The number of methoxy groups -OCH3 is 1. The fourth-order valence-corrected chi connectivity index (χ4v) is 3.26. The molecule has 1 aliphatic rings. The van der Waals surface area contributed by atoms with Crippen molar-refractivity contribution in [3.63, 3.8) is 0 Å². The molecule has 2 heterocycles. The van der Waals surface area contributed by atoms with Crippen LogP contribution in [0.3, 0.4) is 0 Å². The van der Waals surface area contributed by atoms with Gasteiger partial charge in [0, 0.05) is 32.6 Å². The number of ether oxygens (including phenoxy) is 1. The fraction of sp³-hybridized carbons (Fsp3) is 0.455. The van der Waals surface area contributed by atoms with E-state index in [0.29, 0.717) is 12.5 Å². The average Bonchev–Trinajstić information content (AvgIpc) is 3.46. The first-order valence-electron chi connectivity index (χ1n) is 10.2. The van der Waals surface area contributed by atoms with Crippen molar-refractivity contribution in [1.29, 1.82) is 0 Å². The Morgan fingerprint density at radius 3 is 2.43 bits per heavy atom. The normalized spacial score (nSPS) is 13.6. The molecule has 8 heteroatoms. The van der Waals surface area contributed by atoms with Crippen molar-refractivity contribution in [2.45, 2.75) is 25.7 Å². The number of furan rings is 1. The van der Waals surface area contributed by atoms with E-state index in [9.17, 15) is 4.79 Å². The lowest BCUT2D eigenvalue weighted by Crippen LogP contribution is -2.40. The minimum absolute atomic E-state index is 0. The van der Waals surface area contributed by atoms with E-state index >= 15 is 0 Å². The lowest BCUT2D eigenvalue weighted by molar-refractivity contribution is -0.128. The number of carbonyl (C=O) groups excluding carboxylic acids is 1. The summed E-state index contributed by atoms with van der Waals surface area (Å²) in [7, 11) is 1.66. The first kappa shape index (κ1) is 24.0. The van der Waals surface area contributed by atoms with Gasteiger partial charge in [-0.3, -0.25) is 4.79 Å². The van der Waals surface area contributed by atoms with Crippen molar-refractivity contribution in [1.82, 2.24) is 15.5 Å². The van der Waals surface area contributed by atoms with E-state index in [-0.39, 0.29) is 36.4 Å². The van der Waals surface area contributed by atoms with Crippen LogP contribution in [0.25, 0.3) is 0 Å². The zero-order valence-corrected chi connectivity index (χ0v) is 19.8. The summed E-state index contributed by atoms with van der Waals surface area (Å²) < 4.78 is 10.6. The van der Waals surface area contributed by atoms with Gasteiger partial charge in [-0.05, 0) is 49.1 Å². The van der Waals surface area contributed by atoms with Gasteiger partial charge in [0.15, 0.2) is 5.96 Å². The summed E-state index contributed by atoms with van der Waals surface area (Å²) in [6.45, 7) is 3.26. The molecule has 0 bridgehead atoms. The number of benzene rings is 1. The van der Waals surface area contributed by atoms with Crippen molar-refractivity contribution in [3.05, 3.63) is 54.0 Å². The third kappa shape index (κ3) is 7.89. The third-order valence-electron chi connectivity index (χ3n) is 4.94. The Balaban J connectivity index is 0.00000320. The molecule has 1 aromatic carbocycles. The molecule has 0 saturated carbocycles. The fourth-order valence-electron chi connectivity index (χ4n) is 3.26. The average molecular weight is 526 g/mol. The molecule has 0 aliphatic carbocycles. The van der Waals surface area contributed by atoms with Gasteiger partial charge in [0.2, 0.25) is 5.91 Å². The molecule has 0 radical (unpaired) electrons. The molecule has 164 valence electrons. The van der Waals surface area contributed by atoms with Crippen LogP contribution in [0.15, 0.2) is 52.1 Å². The van der Waals surface area contributed by atoms with Crippen LogP contribution in [0.1, 0.15) is 24.2 Å². The molecule has 3 rings (SSSR count). The van der Waals surface area contributed by atoms with Crippen LogP contribution in [0.2, 0.25) is 0 Å². The second kappa shape index (κ2) is 13.1. The van der Waals surface area contributed by atoms with E-state index in [1.807, 2.05) is 29.2 Å². The van der Waals surface area contributed by atoms with Gasteiger partial charge in [0.25, 0.3) is 0 Å². The van der Waals surface area contributed by atoms with Gasteiger partial charge in [-0.2, -0.15) is 0 Å². The van der Waals surface area contributed by atoms with E-state index in [1.165, 1.54) is 5.56 Å². The second-order valence-electron chi connectivity index (χ2n) is 7.03. The molecule has 0 spiro atoms. The number of rotatable bonds is 9. The van der Waals surface area contributed by atoms with Crippen molar-refractivity contribution in [2.24, 2.45) is 4.99 Å². The number of guanidine groups is 1. The molecule has 1 aromatic heterocycles. The monoisotopic (exact) mass is 526 g/mol. The Hall–Kier alpha value is -2.23. The molecule has 1 saturated heterocycles. The van der Waals surface area contributed by atoms with Gasteiger partial charge in [0.05, 0.1) is 13.4 Å². The van der Waals surface area contributed by atoms with Gasteiger partial charge < -0.3 is 24.7 Å². The lowest BCUT2D eigenvalue weighted by atomic mass is 10.1. The number of nitrogens with zero attached hydrogens (tertiary/aromatic N) is 2. The number of aliphatic imine (C=N–C) groups is 1. The highest BCUT2D eigenvalue weighted by atomic mass is 127. The second-order valence-corrected chi connectivity index (χ2v) is 7.03.